The summed E-state index contributed by atoms with van der Waals surface area (Å²) >= 11 is 0. The third-order valence-electron chi connectivity index (χ3n) is 5.51. The highest BCUT2D eigenvalue weighted by atomic mass is 32.2. The van der Waals surface area contributed by atoms with Gasteiger partial charge in [-0.3, -0.25) is 4.72 Å². The van der Waals surface area contributed by atoms with Crippen LogP contribution in [-0.2, 0) is 16.2 Å². The molecule has 3 aromatic rings. The molecular formula is C22H21F3N4O4S. The number of carboxylic acids is 1. The van der Waals surface area contributed by atoms with Crippen molar-refractivity contribution < 1.29 is 31.5 Å². The van der Waals surface area contributed by atoms with Gasteiger partial charge in [0.1, 0.15) is 4.90 Å². The van der Waals surface area contributed by atoms with Gasteiger partial charge in [0.15, 0.2) is 0 Å². The summed E-state index contributed by atoms with van der Waals surface area (Å²) in [4.78, 5) is 12.9. The fourth-order valence-corrected chi connectivity index (χ4v) is 5.15. The maximum Gasteiger partial charge on any atom is 0.416 e. The first-order valence-electron chi connectivity index (χ1n) is 10.4. The number of hydrogen-bond acceptors (Lipinski definition) is 5. The molecule has 180 valence electrons. The molecule has 0 spiro atoms. The predicted octanol–water partition coefficient (Wildman–Crippen LogP) is 4.38. The second-order valence-electron chi connectivity index (χ2n) is 7.82. The average molecular weight is 494 g/mol. The minimum absolute atomic E-state index is 0.0500. The van der Waals surface area contributed by atoms with Crippen molar-refractivity contribution in [3.8, 4) is 5.69 Å². The van der Waals surface area contributed by atoms with Crippen molar-refractivity contribution >= 4 is 27.4 Å². The van der Waals surface area contributed by atoms with E-state index in [1.807, 2.05) is 4.90 Å². The molecule has 2 N–H and O–H groups in total. The van der Waals surface area contributed by atoms with Crippen molar-refractivity contribution in [1.29, 1.82) is 0 Å². The standard InChI is InChI=1S/C22H21F3N4O4S/c23-22(24,25)16-6-8-18(28-10-2-1-3-11-28)17(14-16)27-34(32,33)20-13-15(21(30)31)5-7-19(20)29-12-4-9-26-29/h4-9,12-14,27H,1-3,10-11H2,(H,30,31). The number of sulfonamides is 1. The smallest absolute Gasteiger partial charge is 0.416 e. The zero-order valence-electron chi connectivity index (χ0n) is 17.8. The van der Waals surface area contributed by atoms with E-state index in [0.717, 1.165) is 37.5 Å². The summed E-state index contributed by atoms with van der Waals surface area (Å²) in [5, 5.41) is 13.4. The quantitative estimate of drug-likeness (QED) is 0.527. The molecule has 8 nitrogen and oxygen atoms in total. The van der Waals surface area contributed by atoms with Crippen molar-refractivity contribution in [2.24, 2.45) is 0 Å². The molecule has 1 saturated heterocycles. The van der Waals surface area contributed by atoms with Crippen molar-refractivity contribution in [1.82, 2.24) is 9.78 Å². The molecule has 0 unspecified atom stereocenters. The lowest BCUT2D eigenvalue weighted by molar-refractivity contribution is -0.137. The number of nitrogens with zero attached hydrogens (tertiary/aromatic N) is 3. The second-order valence-corrected chi connectivity index (χ2v) is 9.47. The zero-order chi connectivity index (χ0) is 24.5. The summed E-state index contributed by atoms with van der Waals surface area (Å²) < 4.78 is 70.7. The van der Waals surface area contributed by atoms with Crippen molar-refractivity contribution in [3.05, 3.63) is 66.0 Å². The lowest BCUT2D eigenvalue weighted by atomic mass is 10.1. The minimum Gasteiger partial charge on any atom is -0.478 e. The molecule has 1 aromatic heterocycles. The van der Waals surface area contributed by atoms with Crippen LogP contribution in [0.1, 0.15) is 35.2 Å². The number of halogens is 3. The van der Waals surface area contributed by atoms with Crippen molar-refractivity contribution in [3.63, 3.8) is 0 Å². The molecule has 0 atom stereocenters. The van der Waals surface area contributed by atoms with Crippen LogP contribution in [0.25, 0.3) is 5.69 Å². The van der Waals surface area contributed by atoms with Crippen LogP contribution < -0.4 is 9.62 Å². The monoisotopic (exact) mass is 494 g/mol. The number of aromatic carboxylic acids is 1. The number of benzene rings is 2. The van der Waals surface area contributed by atoms with Gasteiger partial charge in [-0.2, -0.15) is 18.3 Å². The van der Waals surface area contributed by atoms with Gasteiger partial charge in [0.2, 0.25) is 0 Å². The Kier molecular flexibility index (Phi) is 6.26. The molecular weight excluding hydrogens is 473 g/mol. The van der Waals surface area contributed by atoms with Gasteiger partial charge in [-0.15, -0.1) is 0 Å². The molecule has 34 heavy (non-hydrogen) atoms. The molecule has 0 bridgehead atoms. The molecule has 0 radical (unpaired) electrons. The molecule has 1 aliphatic rings. The van der Waals surface area contributed by atoms with Crippen LogP contribution in [0.3, 0.4) is 0 Å². The predicted molar refractivity (Wildman–Crippen MR) is 119 cm³/mol. The lowest BCUT2D eigenvalue weighted by Gasteiger charge is -2.31. The number of rotatable bonds is 6. The van der Waals surface area contributed by atoms with E-state index in [1.165, 1.54) is 35.3 Å². The highest BCUT2D eigenvalue weighted by Crippen LogP contribution is 2.37. The fraction of sp³-hybridized carbons (Fsp3) is 0.273. The van der Waals surface area contributed by atoms with Gasteiger partial charge in [-0.25, -0.2) is 17.9 Å². The Morgan fingerprint density at radius 3 is 2.35 bits per heavy atom. The average Bonchev–Trinajstić information content (AvgIpc) is 3.33. The Hall–Kier alpha value is -3.54. The largest absolute Gasteiger partial charge is 0.478 e. The van der Waals surface area contributed by atoms with Crippen molar-refractivity contribution in [2.45, 2.75) is 30.3 Å². The van der Waals surface area contributed by atoms with Gasteiger partial charge >= 0.3 is 12.1 Å². The number of carboxylic acid groups (broad SMARTS) is 1. The number of carbonyl (C=O) groups is 1. The molecule has 2 heterocycles. The summed E-state index contributed by atoms with van der Waals surface area (Å²) in [7, 11) is -4.52. The number of anilines is 2. The van der Waals surface area contributed by atoms with Gasteiger partial charge in [-0.05, 0) is 61.7 Å². The van der Waals surface area contributed by atoms with E-state index in [9.17, 15) is 31.5 Å². The molecule has 1 fully saturated rings. The van der Waals surface area contributed by atoms with Gasteiger partial charge in [0, 0.05) is 25.5 Å². The highest BCUT2D eigenvalue weighted by Gasteiger charge is 2.33. The molecule has 0 saturated carbocycles. The van der Waals surface area contributed by atoms with Gasteiger partial charge in [0.05, 0.1) is 28.2 Å². The van der Waals surface area contributed by atoms with E-state index in [1.54, 1.807) is 6.07 Å². The summed E-state index contributed by atoms with van der Waals surface area (Å²) in [5.74, 6) is -1.35. The number of nitrogens with one attached hydrogen (secondary N) is 1. The molecule has 0 aliphatic carbocycles. The number of hydrogen-bond donors (Lipinski definition) is 2. The topological polar surface area (TPSA) is 105 Å². The van der Waals surface area contributed by atoms with Crippen LogP contribution in [0.15, 0.2) is 59.8 Å². The molecule has 12 heteroatoms. The van der Waals surface area contributed by atoms with Crippen molar-refractivity contribution in [2.75, 3.05) is 22.7 Å². The van der Waals surface area contributed by atoms with E-state index in [0.29, 0.717) is 18.8 Å². The van der Waals surface area contributed by atoms with Crippen LogP contribution in [0.4, 0.5) is 24.5 Å². The Bertz CT molecular complexity index is 1300. The Labute approximate surface area is 193 Å². The van der Waals surface area contributed by atoms with Gasteiger partial charge < -0.3 is 10.0 Å². The Balaban J connectivity index is 1.83. The zero-order valence-corrected chi connectivity index (χ0v) is 18.6. The van der Waals surface area contributed by atoms with Crippen LogP contribution in [0, 0.1) is 0 Å². The third kappa shape index (κ3) is 4.86. The first kappa shape index (κ1) is 23.6. The van der Waals surface area contributed by atoms with E-state index in [4.69, 9.17) is 0 Å². The SMILES string of the molecule is O=C(O)c1ccc(-n2cccn2)c(S(=O)(=O)Nc2cc(C(F)(F)F)ccc2N2CCCCC2)c1. The number of aromatic nitrogens is 2. The fourth-order valence-electron chi connectivity index (χ4n) is 3.87. The maximum atomic E-state index is 13.4. The summed E-state index contributed by atoms with van der Waals surface area (Å²) in [6.07, 6.45) is 0.848. The van der Waals surface area contributed by atoms with E-state index in [2.05, 4.69) is 9.82 Å². The van der Waals surface area contributed by atoms with Crippen LogP contribution in [-0.4, -0.2) is 42.4 Å². The first-order chi connectivity index (χ1) is 16.1. The maximum absolute atomic E-state index is 13.4. The molecule has 1 aliphatic heterocycles. The van der Waals surface area contributed by atoms with Gasteiger partial charge in [0.25, 0.3) is 10.0 Å². The van der Waals surface area contributed by atoms with Crippen LogP contribution in [0.5, 0.6) is 0 Å². The van der Waals surface area contributed by atoms with E-state index in [-0.39, 0.29) is 16.9 Å². The first-order valence-corrected chi connectivity index (χ1v) is 11.9. The third-order valence-corrected chi connectivity index (χ3v) is 6.91. The van der Waals surface area contributed by atoms with E-state index < -0.39 is 32.6 Å². The molecule has 4 rings (SSSR count). The normalized spacial score (nSPS) is 14.7. The van der Waals surface area contributed by atoms with Gasteiger partial charge in [-0.1, -0.05) is 0 Å². The van der Waals surface area contributed by atoms with Crippen LogP contribution >= 0.6 is 0 Å². The Morgan fingerprint density at radius 1 is 1.03 bits per heavy atom. The summed E-state index contributed by atoms with van der Waals surface area (Å²) in [5.41, 5.74) is -1.15. The Morgan fingerprint density at radius 2 is 1.74 bits per heavy atom. The lowest BCUT2D eigenvalue weighted by Crippen LogP contribution is -2.30. The minimum atomic E-state index is -4.68. The summed E-state index contributed by atoms with van der Waals surface area (Å²) in [6.45, 7) is 1.15. The molecule has 2 aromatic carbocycles. The molecule has 0 amide bonds. The second kappa shape index (κ2) is 9.01. The number of piperidine rings is 1. The highest BCUT2D eigenvalue weighted by molar-refractivity contribution is 7.92. The number of alkyl halides is 3. The summed E-state index contributed by atoms with van der Waals surface area (Å²) in [6, 6.07) is 7.95. The van der Waals surface area contributed by atoms with Crippen LogP contribution in [0.2, 0.25) is 0 Å². The van der Waals surface area contributed by atoms with E-state index >= 15 is 0 Å².